The molecule has 1 aromatic carbocycles. The number of thiocarbonyl (C=S) groups is 2. The van der Waals surface area contributed by atoms with Gasteiger partial charge in [-0.15, -0.1) is 0 Å². The van der Waals surface area contributed by atoms with Gasteiger partial charge in [-0.1, -0.05) is 38.3 Å². The Balaban J connectivity index is 3.88. The largest absolute Gasteiger partial charge is 0.389 e. The maximum Gasteiger partial charge on any atom is 0.105 e. The van der Waals surface area contributed by atoms with Gasteiger partial charge in [-0.3, -0.25) is 0 Å². The Morgan fingerprint density at radius 2 is 1.72 bits per heavy atom. The number of benzene rings is 1. The Morgan fingerprint density at radius 1 is 1.22 bits per heavy atom. The van der Waals surface area contributed by atoms with E-state index in [2.05, 4.69) is 6.07 Å². The van der Waals surface area contributed by atoms with E-state index in [1.54, 1.807) is 6.07 Å². The molecule has 0 spiro atoms. The van der Waals surface area contributed by atoms with Gasteiger partial charge in [-0.2, -0.15) is 5.26 Å². The molecule has 0 fully saturated rings. The van der Waals surface area contributed by atoms with E-state index < -0.39 is 0 Å². The molecule has 18 heavy (non-hydrogen) atoms. The van der Waals surface area contributed by atoms with Crippen molar-refractivity contribution in [2.24, 2.45) is 11.5 Å². The van der Waals surface area contributed by atoms with Crippen LogP contribution in [0.1, 0.15) is 47.6 Å². The van der Waals surface area contributed by atoms with Gasteiger partial charge in [0.05, 0.1) is 11.6 Å². The summed E-state index contributed by atoms with van der Waals surface area (Å²) < 4.78 is 0. The third-order valence-corrected chi connectivity index (χ3v) is 3.16. The van der Waals surface area contributed by atoms with Crippen LogP contribution in [0.4, 0.5) is 0 Å². The lowest BCUT2D eigenvalue weighted by molar-refractivity contribution is 0.858. The molecule has 3 nitrogen and oxygen atoms in total. The highest BCUT2D eigenvalue weighted by Crippen LogP contribution is 2.29. The van der Waals surface area contributed by atoms with Crippen LogP contribution < -0.4 is 11.5 Å². The van der Waals surface area contributed by atoms with Crippen molar-refractivity contribution in [2.45, 2.75) is 26.7 Å². The minimum Gasteiger partial charge on any atom is -0.389 e. The summed E-state index contributed by atoms with van der Waals surface area (Å²) in [6, 6.07) is 3.96. The summed E-state index contributed by atoms with van der Waals surface area (Å²) >= 11 is 10.2. The first-order valence-corrected chi connectivity index (χ1v) is 6.30. The van der Waals surface area contributed by atoms with Gasteiger partial charge in [0.2, 0.25) is 0 Å². The number of rotatable bonds is 3. The van der Waals surface area contributed by atoms with Gasteiger partial charge in [0.1, 0.15) is 9.98 Å². The second-order valence-electron chi connectivity index (χ2n) is 4.40. The molecule has 0 saturated carbocycles. The van der Waals surface area contributed by atoms with Gasteiger partial charge in [-0.25, -0.2) is 0 Å². The molecule has 1 aromatic rings. The summed E-state index contributed by atoms with van der Waals surface area (Å²) in [5.41, 5.74) is 15.1. The number of nitrogens with two attached hydrogens (primary N) is 2. The molecule has 0 aliphatic carbocycles. The predicted molar refractivity (Wildman–Crippen MR) is 81.8 cm³/mol. The quantitative estimate of drug-likeness (QED) is 0.829. The van der Waals surface area contributed by atoms with Crippen LogP contribution in [0.3, 0.4) is 0 Å². The lowest BCUT2D eigenvalue weighted by atomic mass is 9.86. The maximum atomic E-state index is 9.23. The van der Waals surface area contributed by atoms with Crippen molar-refractivity contribution >= 4 is 34.4 Å². The predicted octanol–water partition coefficient (Wildman–Crippen LogP) is 2.26. The van der Waals surface area contributed by atoms with E-state index in [1.807, 2.05) is 20.8 Å². The van der Waals surface area contributed by atoms with Gasteiger partial charge in [0, 0.05) is 11.1 Å². The van der Waals surface area contributed by atoms with Crippen molar-refractivity contribution < 1.29 is 0 Å². The molecule has 0 heterocycles. The molecule has 0 bridgehead atoms. The maximum absolute atomic E-state index is 9.23. The van der Waals surface area contributed by atoms with Crippen molar-refractivity contribution in [3.8, 4) is 6.07 Å². The van der Waals surface area contributed by atoms with Crippen LogP contribution in [0.25, 0.3) is 0 Å². The number of aryl methyl sites for hydroxylation is 1. The lowest BCUT2D eigenvalue weighted by Crippen LogP contribution is -2.23. The molecule has 0 aliphatic heterocycles. The summed E-state index contributed by atoms with van der Waals surface area (Å²) in [5, 5.41) is 9.23. The molecule has 0 radical (unpaired) electrons. The summed E-state index contributed by atoms with van der Waals surface area (Å²) in [6.07, 6.45) is 0. The van der Waals surface area contributed by atoms with Crippen LogP contribution in [-0.4, -0.2) is 9.98 Å². The molecular weight excluding hydrogens is 262 g/mol. The van der Waals surface area contributed by atoms with Crippen molar-refractivity contribution in [1.82, 2.24) is 0 Å². The van der Waals surface area contributed by atoms with Crippen LogP contribution >= 0.6 is 24.4 Å². The summed E-state index contributed by atoms with van der Waals surface area (Å²) in [4.78, 5) is 0.475. The number of nitrogens with zero attached hydrogens (tertiary/aromatic N) is 1. The fourth-order valence-electron chi connectivity index (χ4n) is 2.10. The Bertz CT molecular complexity index is 569. The first kappa shape index (κ1) is 14.6. The lowest BCUT2D eigenvalue weighted by Gasteiger charge is -2.19. The van der Waals surface area contributed by atoms with E-state index in [0.717, 1.165) is 11.1 Å². The molecule has 0 aliphatic rings. The molecule has 0 aromatic heterocycles. The van der Waals surface area contributed by atoms with Gasteiger partial charge in [0.15, 0.2) is 0 Å². The molecule has 0 unspecified atom stereocenters. The standard InChI is InChI=1S/C13H15N3S2/c1-6(2)9-8(5-14)4-7(3)10(12(15)17)11(9)13(16)18/h4,6H,1-3H3,(H2,15,17)(H2,16,18). The molecule has 0 amide bonds. The van der Waals surface area contributed by atoms with E-state index in [9.17, 15) is 5.26 Å². The Kier molecular flexibility index (Phi) is 4.38. The van der Waals surface area contributed by atoms with E-state index in [1.165, 1.54) is 0 Å². The SMILES string of the molecule is Cc1cc(C#N)c(C(C)C)c(C(N)=S)c1C(N)=S. The second-order valence-corrected chi connectivity index (χ2v) is 5.28. The van der Waals surface area contributed by atoms with Crippen LogP contribution in [-0.2, 0) is 0 Å². The van der Waals surface area contributed by atoms with Crippen molar-refractivity contribution in [3.05, 3.63) is 33.9 Å². The minimum atomic E-state index is 0.116. The molecule has 5 heteroatoms. The average Bonchev–Trinajstić information content (AvgIpc) is 2.25. The fourth-order valence-corrected chi connectivity index (χ4v) is 2.57. The summed E-state index contributed by atoms with van der Waals surface area (Å²) in [5.74, 6) is 0.116. The summed E-state index contributed by atoms with van der Waals surface area (Å²) in [6.45, 7) is 5.81. The number of hydrogen-bond acceptors (Lipinski definition) is 3. The second kappa shape index (κ2) is 5.42. The normalized spacial score (nSPS) is 10.2. The molecule has 0 atom stereocenters. The fraction of sp³-hybridized carbons (Fsp3) is 0.308. The third kappa shape index (κ3) is 2.50. The molecule has 0 saturated heterocycles. The zero-order chi connectivity index (χ0) is 14.0. The topological polar surface area (TPSA) is 75.8 Å². The van der Waals surface area contributed by atoms with Gasteiger partial charge < -0.3 is 11.5 Å². The van der Waals surface area contributed by atoms with E-state index >= 15 is 0 Å². The van der Waals surface area contributed by atoms with Crippen LogP contribution in [0.2, 0.25) is 0 Å². The van der Waals surface area contributed by atoms with Gasteiger partial charge >= 0.3 is 0 Å². The Morgan fingerprint density at radius 3 is 2.06 bits per heavy atom. The highest BCUT2D eigenvalue weighted by atomic mass is 32.1. The van der Waals surface area contributed by atoms with Crippen molar-refractivity contribution in [1.29, 1.82) is 5.26 Å². The van der Waals surface area contributed by atoms with Crippen LogP contribution in [0.5, 0.6) is 0 Å². The summed E-state index contributed by atoms with van der Waals surface area (Å²) in [7, 11) is 0. The highest BCUT2D eigenvalue weighted by molar-refractivity contribution is 7.81. The number of hydrogen-bond donors (Lipinski definition) is 2. The van der Waals surface area contributed by atoms with E-state index in [4.69, 9.17) is 35.9 Å². The van der Waals surface area contributed by atoms with Gasteiger partial charge in [-0.05, 0) is 30.0 Å². The minimum absolute atomic E-state index is 0.116. The van der Waals surface area contributed by atoms with Crippen molar-refractivity contribution in [3.63, 3.8) is 0 Å². The monoisotopic (exact) mass is 277 g/mol. The Labute approximate surface area is 118 Å². The van der Waals surface area contributed by atoms with Crippen molar-refractivity contribution in [2.75, 3.05) is 0 Å². The van der Waals surface area contributed by atoms with Crippen LogP contribution in [0, 0.1) is 18.3 Å². The van der Waals surface area contributed by atoms with Crippen LogP contribution in [0.15, 0.2) is 6.07 Å². The molecule has 1 rings (SSSR count). The molecule has 4 N–H and O–H groups in total. The Hall–Kier alpha value is -1.51. The molecular formula is C13H15N3S2. The van der Waals surface area contributed by atoms with E-state index in [0.29, 0.717) is 16.7 Å². The first-order valence-electron chi connectivity index (χ1n) is 5.48. The smallest absolute Gasteiger partial charge is 0.105 e. The van der Waals surface area contributed by atoms with Gasteiger partial charge in [0.25, 0.3) is 0 Å². The molecule has 94 valence electrons. The van der Waals surface area contributed by atoms with E-state index in [-0.39, 0.29) is 15.9 Å². The zero-order valence-corrected chi connectivity index (χ0v) is 12.2. The first-order chi connectivity index (χ1) is 8.31. The average molecular weight is 277 g/mol. The zero-order valence-electron chi connectivity index (χ0n) is 10.6. The third-order valence-electron chi connectivity index (χ3n) is 2.76. The number of nitriles is 1. The highest BCUT2D eigenvalue weighted by Gasteiger charge is 2.21.